The van der Waals surface area contributed by atoms with E-state index in [2.05, 4.69) is 11.4 Å². The van der Waals surface area contributed by atoms with Gasteiger partial charge in [0.1, 0.15) is 0 Å². The van der Waals surface area contributed by atoms with Gasteiger partial charge in [-0.25, -0.2) is 4.98 Å². The van der Waals surface area contributed by atoms with E-state index in [-0.39, 0.29) is 11.8 Å². The quantitative estimate of drug-likeness (QED) is 0.357. The number of carbonyl (C=O) groups is 2. The van der Waals surface area contributed by atoms with Crippen LogP contribution in [0.1, 0.15) is 38.3 Å². The molecule has 2 amide bonds. The highest BCUT2D eigenvalue weighted by atomic mass is 32.1. The van der Waals surface area contributed by atoms with Gasteiger partial charge in [-0.05, 0) is 61.6 Å². The number of aryl methyl sites for hydroxylation is 3. The molecule has 0 fully saturated rings. The van der Waals surface area contributed by atoms with Crippen LogP contribution in [0.15, 0.2) is 72.8 Å². The largest absolute Gasteiger partial charge is 0.308 e. The van der Waals surface area contributed by atoms with Crippen molar-refractivity contribution in [1.29, 1.82) is 0 Å². The number of fused-ring (bicyclic) bond motifs is 1. The van der Waals surface area contributed by atoms with Crippen LogP contribution in [0.5, 0.6) is 0 Å². The summed E-state index contributed by atoms with van der Waals surface area (Å²) in [5, 5.41) is 3.57. The molecule has 1 aliphatic heterocycles. The molecule has 2 heterocycles. The van der Waals surface area contributed by atoms with Crippen molar-refractivity contribution >= 4 is 34.0 Å². The zero-order chi connectivity index (χ0) is 24.4. The lowest BCUT2D eigenvalue weighted by Gasteiger charge is -2.18. The zero-order valence-electron chi connectivity index (χ0n) is 19.9. The van der Waals surface area contributed by atoms with Crippen molar-refractivity contribution in [2.24, 2.45) is 0 Å². The van der Waals surface area contributed by atoms with E-state index in [0.717, 1.165) is 50.5 Å². The Labute approximate surface area is 209 Å². The maximum absolute atomic E-state index is 13.2. The summed E-state index contributed by atoms with van der Waals surface area (Å²) >= 11 is 1.49. The molecule has 5 rings (SSSR count). The van der Waals surface area contributed by atoms with Crippen LogP contribution in [-0.2, 0) is 17.6 Å². The van der Waals surface area contributed by atoms with E-state index in [1.54, 1.807) is 0 Å². The molecule has 5 nitrogen and oxygen atoms in total. The Balaban J connectivity index is 1.30. The summed E-state index contributed by atoms with van der Waals surface area (Å²) in [4.78, 5) is 33.3. The van der Waals surface area contributed by atoms with Crippen molar-refractivity contribution in [3.05, 3.63) is 99.9 Å². The molecule has 0 radical (unpaired) electrons. The number of thiazole rings is 1. The van der Waals surface area contributed by atoms with Crippen LogP contribution < -0.4 is 10.2 Å². The van der Waals surface area contributed by atoms with Crippen LogP contribution in [-0.4, -0.2) is 23.3 Å². The number of amides is 2. The zero-order valence-corrected chi connectivity index (χ0v) is 20.7. The lowest BCUT2D eigenvalue weighted by molar-refractivity contribution is -0.116. The number of rotatable bonds is 6. The first kappa shape index (κ1) is 23.0. The third-order valence-corrected chi connectivity index (χ3v) is 7.28. The molecule has 0 saturated heterocycles. The molecule has 1 aromatic heterocycles. The third-order valence-electron chi connectivity index (χ3n) is 6.40. The molecule has 6 heteroatoms. The van der Waals surface area contributed by atoms with Crippen LogP contribution in [0.3, 0.4) is 0 Å². The number of benzene rings is 3. The van der Waals surface area contributed by atoms with E-state index >= 15 is 0 Å². The van der Waals surface area contributed by atoms with Gasteiger partial charge in [0.15, 0.2) is 5.13 Å². The second kappa shape index (κ2) is 9.84. The molecule has 1 aliphatic rings. The Hall–Kier alpha value is -3.77. The van der Waals surface area contributed by atoms with Crippen molar-refractivity contribution in [3.63, 3.8) is 0 Å². The maximum atomic E-state index is 13.2. The molecular weight excluding hydrogens is 454 g/mol. The van der Waals surface area contributed by atoms with Gasteiger partial charge in [0, 0.05) is 34.7 Å². The van der Waals surface area contributed by atoms with Gasteiger partial charge in [0.05, 0.1) is 5.69 Å². The molecule has 0 unspecified atom stereocenters. The molecule has 0 saturated carbocycles. The van der Waals surface area contributed by atoms with Crippen molar-refractivity contribution in [3.8, 4) is 11.3 Å². The van der Waals surface area contributed by atoms with Crippen LogP contribution in [0.2, 0.25) is 0 Å². The van der Waals surface area contributed by atoms with E-state index in [4.69, 9.17) is 4.98 Å². The van der Waals surface area contributed by atoms with Gasteiger partial charge in [-0.2, -0.15) is 0 Å². The molecule has 35 heavy (non-hydrogen) atoms. The summed E-state index contributed by atoms with van der Waals surface area (Å²) in [6.45, 7) is 4.66. The van der Waals surface area contributed by atoms with Gasteiger partial charge in [-0.3, -0.25) is 9.59 Å². The summed E-state index contributed by atoms with van der Waals surface area (Å²) in [5.74, 6) is 0.00778. The molecule has 0 spiro atoms. The van der Waals surface area contributed by atoms with Gasteiger partial charge >= 0.3 is 0 Å². The van der Waals surface area contributed by atoms with Crippen LogP contribution in [0.25, 0.3) is 11.3 Å². The van der Waals surface area contributed by atoms with Crippen molar-refractivity contribution in [2.75, 3.05) is 16.8 Å². The number of hydrogen-bond acceptors (Lipinski definition) is 4. The SMILES string of the molecule is Cc1ccccc1C(=O)N1CCc2cc(-c3nc(NC(=O)CCc4ccccc4)sc3C)ccc21. The Morgan fingerprint density at radius 2 is 1.77 bits per heavy atom. The summed E-state index contributed by atoms with van der Waals surface area (Å²) in [6.07, 6.45) is 1.93. The standard InChI is InChI=1S/C29H27N3O2S/c1-19-8-6-7-11-24(19)28(34)32-17-16-22-18-23(13-14-25(22)32)27-20(2)35-29(31-27)30-26(33)15-12-21-9-4-3-5-10-21/h3-11,13-14,18H,12,15-17H2,1-2H3,(H,30,31,33). The molecule has 4 aromatic rings. The minimum Gasteiger partial charge on any atom is -0.308 e. The van der Waals surface area contributed by atoms with Crippen LogP contribution in [0.4, 0.5) is 10.8 Å². The molecule has 0 aliphatic carbocycles. The number of nitrogens with zero attached hydrogens (tertiary/aromatic N) is 2. The predicted octanol–water partition coefficient (Wildman–Crippen LogP) is 6.20. The highest BCUT2D eigenvalue weighted by Gasteiger charge is 2.27. The fourth-order valence-corrected chi connectivity index (χ4v) is 5.37. The van der Waals surface area contributed by atoms with E-state index in [1.807, 2.05) is 85.5 Å². The highest BCUT2D eigenvalue weighted by Crippen LogP contribution is 2.36. The van der Waals surface area contributed by atoms with Crippen molar-refractivity contribution < 1.29 is 9.59 Å². The topological polar surface area (TPSA) is 62.3 Å². The minimum absolute atomic E-state index is 0.0338. The lowest BCUT2D eigenvalue weighted by atomic mass is 10.0. The van der Waals surface area contributed by atoms with Crippen molar-refractivity contribution in [2.45, 2.75) is 33.1 Å². The van der Waals surface area contributed by atoms with E-state index in [0.29, 0.717) is 24.5 Å². The summed E-state index contributed by atoms with van der Waals surface area (Å²) < 4.78 is 0. The minimum atomic E-state index is -0.0338. The molecular formula is C29H27N3O2S. The molecule has 176 valence electrons. The maximum Gasteiger partial charge on any atom is 0.258 e. The van der Waals surface area contributed by atoms with E-state index in [9.17, 15) is 9.59 Å². The first-order valence-corrected chi connectivity index (χ1v) is 12.6. The van der Waals surface area contributed by atoms with E-state index < -0.39 is 0 Å². The first-order valence-electron chi connectivity index (χ1n) is 11.8. The Morgan fingerprint density at radius 3 is 2.57 bits per heavy atom. The first-order chi connectivity index (χ1) is 17.0. The lowest BCUT2D eigenvalue weighted by Crippen LogP contribution is -2.29. The van der Waals surface area contributed by atoms with Gasteiger partial charge in [-0.1, -0.05) is 54.6 Å². The van der Waals surface area contributed by atoms with Crippen molar-refractivity contribution in [1.82, 2.24) is 4.98 Å². The average molecular weight is 482 g/mol. The number of carbonyl (C=O) groups excluding carboxylic acids is 2. The van der Waals surface area contributed by atoms with Crippen LogP contribution in [0, 0.1) is 13.8 Å². The Bertz CT molecular complexity index is 1390. The predicted molar refractivity (Wildman–Crippen MR) is 142 cm³/mol. The monoisotopic (exact) mass is 481 g/mol. The van der Waals surface area contributed by atoms with Gasteiger partial charge in [0.2, 0.25) is 5.91 Å². The molecule has 0 atom stereocenters. The Morgan fingerprint density at radius 1 is 1.00 bits per heavy atom. The smallest absolute Gasteiger partial charge is 0.258 e. The molecule has 1 N–H and O–H groups in total. The number of hydrogen-bond donors (Lipinski definition) is 1. The number of aromatic nitrogens is 1. The molecule has 0 bridgehead atoms. The average Bonchev–Trinajstić information content (AvgIpc) is 3.46. The van der Waals surface area contributed by atoms with E-state index in [1.165, 1.54) is 11.3 Å². The molecule has 3 aromatic carbocycles. The normalized spacial score (nSPS) is 12.5. The second-order valence-corrected chi connectivity index (χ2v) is 10.0. The highest BCUT2D eigenvalue weighted by molar-refractivity contribution is 7.16. The van der Waals surface area contributed by atoms with Gasteiger partial charge < -0.3 is 10.2 Å². The van der Waals surface area contributed by atoms with Gasteiger partial charge in [-0.15, -0.1) is 11.3 Å². The van der Waals surface area contributed by atoms with Gasteiger partial charge in [0.25, 0.3) is 5.91 Å². The fourth-order valence-electron chi connectivity index (χ4n) is 4.52. The number of anilines is 2. The fraction of sp³-hybridized carbons (Fsp3) is 0.207. The second-order valence-electron chi connectivity index (χ2n) is 8.82. The summed E-state index contributed by atoms with van der Waals surface area (Å²) in [6, 6.07) is 23.9. The van der Waals surface area contributed by atoms with Crippen LogP contribution >= 0.6 is 11.3 Å². The summed E-state index contributed by atoms with van der Waals surface area (Å²) in [5.41, 5.74) is 6.86. The number of nitrogens with one attached hydrogen (secondary N) is 1. The Kier molecular flexibility index (Phi) is 6.47. The summed E-state index contributed by atoms with van der Waals surface area (Å²) in [7, 11) is 0. The third kappa shape index (κ3) is 4.88.